The molecular formula is C24H15Br2N. The standard InChI is InChI=1S/C24H15Br2N/c25-20-8-4-9-21(26)24(20)17-6-3-5-15(13-17)16-11-12-23-19(14-16)18-7-1-2-10-22(18)27-23/h1-14,27H. The molecule has 0 aliphatic rings. The molecule has 0 aliphatic heterocycles. The van der Waals surface area contributed by atoms with Gasteiger partial charge in [0, 0.05) is 36.3 Å². The number of rotatable bonds is 2. The van der Waals surface area contributed by atoms with Crippen molar-refractivity contribution in [3.63, 3.8) is 0 Å². The lowest BCUT2D eigenvalue weighted by molar-refractivity contribution is 1.53. The third-order valence-corrected chi connectivity index (χ3v) is 6.28. The Hall–Kier alpha value is -2.36. The van der Waals surface area contributed by atoms with Gasteiger partial charge in [0.2, 0.25) is 0 Å². The Bertz CT molecular complexity index is 1280. The molecule has 130 valence electrons. The average Bonchev–Trinajstić information content (AvgIpc) is 3.06. The van der Waals surface area contributed by atoms with Gasteiger partial charge < -0.3 is 4.98 Å². The maximum absolute atomic E-state index is 3.68. The van der Waals surface area contributed by atoms with E-state index >= 15 is 0 Å². The molecule has 3 heteroatoms. The van der Waals surface area contributed by atoms with Gasteiger partial charge in [-0.1, -0.05) is 80.4 Å². The number of H-pyrrole nitrogens is 1. The second-order valence-electron chi connectivity index (χ2n) is 6.61. The molecule has 0 fully saturated rings. The highest BCUT2D eigenvalue weighted by Gasteiger charge is 2.10. The Morgan fingerprint density at radius 2 is 1.19 bits per heavy atom. The summed E-state index contributed by atoms with van der Waals surface area (Å²) in [5, 5.41) is 2.52. The predicted molar refractivity (Wildman–Crippen MR) is 122 cm³/mol. The summed E-state index contributed by atoms with van der Waals surface area (Å²) in [5.41, 5.74) is 7.14. The van der Waals surface area contributed by atoms with Crippen molar-refractivity contribution in [2.24, 2.45) is 0 Å². The number of halogens is 2. The maximum atomic E-state index is 3.68. The van der Waals surface area contributed by atoms with Crippen LogP contribution in [0.3, 0.4) is 0 Å². The second-order valence-corrected chi connectivity index (χ2v) is 8.32. The molecule has 0 atom stereocenters. The predicted octanol–water partition coefficient (Wildman–Crippen LogP) is 8.18. The van der Waals surface area contributed by atoms with Gasteiger partial charge in [0.15, 0.2) is 0 Å². The van der Waals surface area contributed by atoms with Crippen LogP contribution < -0.4 is 0 Å². The third kappa shape index (κ3) is 2.91. The van der Waals surface area contributed by atoms with E-state index in [0.717, 1.165) is 8.95 Å². The van der Waals surface area contributed by atoms with E-state index in [1.807, 2.05) is 6.07 Å². The topological polar surface area (TPSA) is 15.8 Å². The van der Waals surface area contributed by atoms with Crippen molar-refractivity contribution in [1.82, 2.24) is 4.98 Å². The number of hydrogen-bond acceptors (Lipinski definition) is 0. The molecule has 0 unspecified atom stereocenters. The summed E-state index contributed by atoms with van der Waals surface area (Å²) in [6.45, 7) is 0. The highest BCUT2D eigenvalue weighted by molar-refractivity contribution is 9.11. The lowest BCUT2D eigenvalue weighted by Gasteiger charge is -2.10. The molecule has 0 bridgehead atoms. The zero-order valence-electron chi connectivity index (χ0n) is 14.3. The van der Waals surface area contributed by atoms with E-state index in [2.05, 4.69) is 116 Å². The van der Waals surface area contributed by atoms with Crippen LogP contribution in [0.25, 0.3) is 44.1 Å². The van der Waals surface area contributed by atoms with Crippen LogP contribution in [0.1, 0.15) is 0 Å². The van der Waals surface area contributed by atoms with Crippen molar-refractivity contribution in [2.75, 3.05) is 0 Å². The summed E-state index contributed by atoms with van der Waals surface area (Å²) >= 11 is 7.37. The Morgan fingerprint density at radius 3 is 2.04 bits per heavy atom. The van der Waals surface area contributed by atoms with E-state index in [1.165, 1.54) is 44.1 Å². The van der Waals surface area contributed by atoms with Crippen LogP contribution in [0, 0.1) is 0 Å². The van der Waals surface area contributed by atoms with Crippen molar-refractivity contribution in [3.05, 3.63) is 93.9 Å². The minimum absolute atomic E-state index is 1.08. The van der Waals surface area contributed by atoms with E-state index < -0.39 is 0 Å². The van der Waals surface area contributed by atoms with E-state index in [4.69, 9.17) is 0 Å². The molecule has 0 amide bonds. The molecular weight excluding hydrogens is 462 g/mol. The van der Waals surface area contributed by atoms with Crippen LogP contribution in [0.4, 0.5) is 0 Å². The Balaban J connectivity index is 1.68. The third-order valence-electron chi connectivity index (χ3n) is 4.95. The first-order valence-electron chi connectivity index (χ1n) is 8.76. The number of aromatic nitrogens is 1. The molecule has 0 radical (unpaired) electrons. The van der Waals surface area contributed by atoms with E-state index in [9.17, 15) is 0 Å². The van der Waals surface area contributed by atoms with E-state index in [-0.39, 0.29) is 0 Å². The molecule has 4 aromatic carbocycles. The summed E-state index contributed by atoms with van der Waals surface area (Å²) in [6, 6.07) is 30.0. The fourth-order valence-corrected chi connectivity index (χ4v) is 5.11. The Kier molecular flexibility index (Phi) is 4.14. The van der Waals surface area contributed by atoms with Crippen LogP contribution >= 0.6 is 31.9 Å². The number of benzene rings is 4. The van der Waals surface area contributed by atoms with Gasteiger partial charge >= 0.3 is 0 Å². The largest absolute Gasteiger partial charge is 0.355 e. The fourth-order valence-electron chi connectivity index (χ4n) is 3.66. The fraction of sp³-hybridized carbons (Fsp3) is 0. The first-order chi connectivity index (χ1) is 13.2. The SMILES string of the molecule is Brc1cccc(Br)c1-c1cccc(-c2ccc3[nH]c4ccccc4c3c2)c1. The molecule has 1 aromatic heterocycles. The quantitative estimate of drug-likeness (QED) is 0.264. The lowest BCUT2D eigenvalue weighted by Crippen LogP contribution is -1.84. The van der Waals surface area contributed by atoms with Crippen LogP contribution in [0.2, 0.25) is 0 Å². The number of para-hydroxylation sites is 1. The molecule has 0 aliphatic carbocycles. The monoisotopic (exact) mass is 475 g/mol. The highest BCUT2D eigenvalue weighted by Crippen LogP contribution is 2.37. The normalized spacial score (nSPS) is 11.3. The summed E-state index contributed by atoms with van der Waals surface area (Å²) in [5.74, 6) is 0. The van der Waals surface area contributed by atoms with Crippen LogP contribution in [-0.2, 0) is 0 Å². The molecule has 27 heavy (non-hydrogen) atoms. The number of nitrogens with one attached hydrogen (secondary N) is 1. The molecule has 0 spiro atoms. The van der Waals surface area contributed by atoms with E-state index in [0.29, 0.717) is 0 Å². The zero-order chi connectivity index (χ0) is 18.4. The minimum atomic E-state index is 1.08. The zero-order valence-corrected chi connectivity index (χ0v) is 17.5. The van der Waals surface area contributed by atoms with Gasteiger partial charge in [0.1, 0.15) is 0 Å². The molecule has 0 saturated carbocycles. The second kappa shape index (κ2) is 6.66. The Morgan fingerprint density at radius 1 is 0.519 bits per heavy atom. The number of fused-ring (bicyclic) bond motifs is 3. The molecule has 1 heterocycles. The van der Waals surface area contributed by atoms with Gasteiger partial charge in [-0.3, -0.25) is 0 Å². The summed E-state index contributed by atoms with van der Waals surface area (Å²) < 4.78 is 2.17. The van der Waals surface area contributed by atoms with Gasteiger partial charge in [-0.15, -0.1) is 0 Å². The Labute approximate surface area is 174 Å². The number of hydrogen-bond donors (Lipinski definition) is 1. The van der Waals surface area contributed by atoms with Gasteiger partial charge in [-0.2, -0.15) is 0 Å². The average molecular weight is 477 g/mol. The molecule has 5 aromatic rings. The first kappa shape index (κ1) is 16.8. The van der Waals surface area contributed by atoms with Crippen molar-refractivity contribution in [1.29, 1.82) is 0 Å². The van der Waals surface area contributed by atoms with Crippen LogP contribution in [0.5, 0.6) is 0 Å². The number of aromatic amines is 1. The van der Waals surface area contributed by atoms with Gasteiger partial charge in [0.25, 0.3) is 0 Å². The van der Waals surface area contributed by atoms with Gasteiger partial charge in [-0.05, 0) is 53.1 Å². The van der Waals surface area contributed by atoms with Crippen molar-refractivity contribution >= 4 is 53.7 Å². The summed E-state index contributed by atoms with van der Waals surface area (Å²) in [4.78, 5) is 3.50. The molecule has 1 N–H and O–H groups in total. The lowest BCUT2D eigenvalue weighted by atomic mass is 9.98. The van der Waals surface area contributed by atoms with Crippen molar-refractivity contribution in [3.8, 4) is 22.3 Å². The van der Waals surface area contributed by atoms with Gasteiger partial charge in [-0.25, -0.2) is 0 Å². The van der Waals surface area contributed by atoms with Crippen LogP contribution in [-0.4, -0.2) is 4.98 Å². The maximum Gasteiger partial charge on any atom is 0.0465 e. The van der Waals surface area contributed by atoms with Crippen molar-refractivity contribution in [2.45, 2.75) is 0 Å². The summed E-state index contributed by atoms with van der Waals surface area (Å²) in [7, 11) is 0. The minimum Gasteiger partial charge on any atom is -0.355 e. The van der Waals surface area contributed by atoms with E-state index in [1.54, 1.807) is 0 Å². The smallest absolute Gasteiger partial charge is 0.0465 e. The highest BCUT2D eigenvalue weighted by atomic mass is 79.9. The van der Waals surface area contributed by atoms with Crippen LogP contribution in [0.15, 0.2) is 93.9 Å². The molecule has 5 rings (SSSR count). The molecule has 1 nitrogen and oxygen atoms in total. The first-order valence-corrected chi connectivity index (χ1v) is 10.3. The van der Waals surface area contributed by atoms with Gasteiger partial charge in [0.05, 0.1) is 0 Å². The summed E-state index contributed by atoms with van der Waals surface area (Å²) in [6.07, 6.45) is 0. The molecule has 0 saturated heterocycles. The van der Waals surface area contributed by atoms with Crippen molar-refractivity contribution < 1.29 is 0 Å².